The molecule has 1 aromatic carbocycles. The second kappa shape index (κ2) is 5.76. The van der Waals surface area contributed by atoms with E-state index in [0.717, 1.165) is 5.56 Å². The van der Waals surface area contributed by atoms with Gasteiger partial charge in [0.15, 0.2) is 0 Å². The van der Waals surface area contributed by atoms with Gasteiger partial charge in [0.2, 0.25) is 0 Å². The predicted molar refractivity (Wildman–Crippen MR) is 68.7 cm³/mol. The second-order valence-electron chi connectivity index (χ2n) is 3.41. The Morgan fingerprint density at radius 3 is 2.62 bits per heavy atom. The molecule has 90 valence electrons. The molecule has 1 aromatic rings. The molecule has 0 aliphatic rings. The molecule has 3 nitrogen and oxygen atoms in total. The molecule has 5 heteroatoms. The zero-order chi connectivity index (χ0) is 12.2. The summed E-state index contributed by atoms with van der Waals surface area (Å²) in [6.07, 6.45) is 2.02. The van der Waals surface area contributed by atoms with E-state index in [2.05, 4.69) is 0 Å². The summed E-state index contributed by atoms with van der Waals surface area (Å²) in [6.45, 7) is 5.66. The van der Waals surface area contributed by atoms with Crippen LogP contribution in [0, 0.1) is 6.92 Å². The third kappa shape index (κ3) is 3.85. The molecule has 1 rings (SSSR count). The normalized spacial score (nSPS) is 14.5. The molecule has 0 fully saturated rings. The largest absolute Gasteiger partial charge is 0.425 e. The van der Waals surface area contributed by atoms with Gasteiger partial charge in [-0.05, 0) is 43.9 Å². The first-order valence-electron chi connectivity index (χ1n) is 5.05. The van der Waals surface area contributed by atoms with Crippen molar-refractivity contribution in [1.29, 1.82) is 0 Å². The third-order valence-electron chi connectivity index (χ3n) is 2.00. The van der Waals surface area contributed by atoms with Crippen molar-refractivity contribution >= 4 is 19.4 Å². The van der Waals surface area contributed by atoms with Crippen molar-refractivity contribution < 1.29 is 13.6 Å². The van der Waals surface area contributed by atoms with E-state index in [1.54, 1.807) is 18.7 Å². The number of thioether (sulfide) groups is 1. The molecule has 0 saturated heterocycles. The lowest BCUT2D eigenvalue weighted by Gasteiger charge is -2.15. The van der Waals surface area contributed by atoms with Crippen LogP contribution in [0.3, 0.4) is 0 Å². The second-order valence-corrected chi connectivity index (χ2v) is 6.24. The van der Waals surface area contributed by atoms with Crippen molar-refractivity contribution in [2.75, 3.05) is 19.5 Å². The van der Waals surface area contributed by atoms with Crippen LogP contribution in [0.5, 0.6) is 5.75 Å². The van der Waals surface area contributed by atoms with Gasteiger partial charge in [0.1, 0.15) is 5.75 Å². The average Bonchev–Trinajstić information content (AvgIpc) is 2.17. The Morgan fingerprint density at radius 1 is 1.44 bits per heavy atom. The van der Waals surface area contributed by atoms with E-state index in [-0.39, 0.29) is 0 Å². The van der Waals surface area contributed by atoms with E-state index in [1.807, 2.05) is 31.4 Å². The first-order chi connectivity index (χ1) is 7.48. The SMILES string of the molecule is CCOP(C)(=O)Oc1ccc(SC)c(C)c1. The number of aryl methyl sites for hydroxylation is 1. The molecule has 0 radical (unpaired) electrons. The summed E-state index contributed by atoms with van der Waals surface area (Å²) in [5, 5.41) is 0. The number of hydrogen-bond acceptors (Lipinski definition) is 4. The van der Waals surface area contributed by atoms with E-state index in [0.29, 0.717) is 12.4 Å². The van der Waals surface area contributed by atoms with Crippen LogP contribution in [-0.4, -0.2) is 19.5 Å². The Kier molecular flexibility index (Phi) is 4.90. The van der Waals surface area contributed by atoms with Gasteiger partial charge in [0.25, 0.3) is 0 Å². The zero-order valence-electron chi connectivity index (χ0n) is 10.0. The topological polar surface area (TPSA) is 35.5 Å². The van der Waals surface area contributed by atoms with Gasteiger partial charge in [-0.1, -0.05) is 0 Å². The zero-order valence-corrected chi connectivity index (χ0v) is 11.7. The molecule has 0 amide bonds. The predicted octanol–water partition coefficient (Wildman–Crippen LogP) is 3.96. The molecule has 0 aliphatic carbocycles. The molecule has 0 aromatic heterocycles. The fourth-order valence-electron chi connectivity index (χ4n) is 1.36. The molecule has 1 unspecified atom stereocenters. The molecule has 0 bridgehead atoms. The van der Waals surface area contributed by atoms with Gasteiger partial charge >= 0.3 is 7.60 Å². The van der Waals surface area contributed by atoms with Crippen LogP contribution in [0.15, 0.2) is 23.1 Å². The Hall–Kier alpha value is -0.440. The fraction of sp³-hybridized carbons (Fsp3) is 0.455. The molecule has 1 atom stereocenters. The van der Waals surface area contributed by atoms with Crippen LogP contribution in [-0.2, 0) is 9.09 Å². The average molecular weight is 260 g/mol. The maximum atomic E-state index is 11.8. The van der Waals surface area contributed by atoms with E-state index >= 15 is 0 Å². The first kappa shape index (κ1) is 13.6. The van der Waals surface area contributed by atoms with Crippen molar-refractivity contribution in [1.82, 2.24) is 0 Å². The minimum Gasteiger partial charge on any atom is -0.425 e. The monoisotopic (exact) mass is 260 g/mol. The highest BCUT2D eigenvalue weighted by Gasteiger charge is 2.17. The minimum atomic E-state index is -2.96. The molecular weight excluding hydrogens is 243 g/mol. The highest BCUT2D eigenvalue weighted by Crippen LogP contribution is 2.44. The van der Waals surface area contributed by atoms with Crippen LogP contribution in [0.2, 0.25) is 0 Å². The lowest BCUT2D eigenvalue weighted by molar-refractivity contribution is 0.284. The fourth-order valence-corrected chi connectivity index (χ4v) is 2.96. The van der Waals surface area contributed by atoms with Gasteiger partial charge in [-0.15, -0.1) is 11.8 Å². The highest BCUT2D eigenvalue weighted by atomic mass is 32.2. The number of hydrogen-bond donors (Lipinski definition) is 0. The third-order valence-corrected chi connectivity index (χ3v) is 4.17. The van der Waals surface area contributed by atoms with Crippen molar-refractivity contribution in [3.8, 4) is 5.75 Å². The highest BCUT2D eigenvalue weighted by molar-refractivity contribution is 7.98. The molecule has 0 N–H and O–H groups in total. The summed E-state index contributed by atoms with van der Waals surface area (Å²) < 4.78 is 22.2. The molecule has 0 aliphatic heterocycles. The Morgan fingerprint density at radius 2 is 2.12 bits per heavy atom. The maximum Gasteiger partial charge on any atom is 0.376 e. The van der Waals surface area contributed by atoms with E-state index in [4.69, 9.17) is 9.05 Å². The summed E-state index contributed by atoms with van der Waals surface area (Å²) in [7, 11) is -2.96. The van der Waals surface area contributed by atoms with Crippen LogP contribution in [0.1, 0.15) is 12.5 Å². The maximum absolute atomic E-state index is 11.8. The van der Waals surface area contributed by atoms with E-state index < -0.39 is 7.60 Å². The van der Waals surface area contributed by atoms with E-state index in [9.17, 15) is 4.57 Å². The molecule has 0 heterocycles. The van der Waals surface area contributed by atoms with Crippen molar-refractivity contribution in [2.24, 2.45) is 0 Å². The quantitative estimate of drug-likeness (QED) is 0.593. The van der Waals surface area contributed by atoms with Crippen LogP contribution >= 0.6 is 19.4 Å². The Bertz CT molecular complexity index is 406. The summed E-state index contributed by atoms with van der Waals surface area (Å²) >= 11 is 1.68. The smallest absolute Gasteiger partial charge is 0.376 e. The van der Waals surface area contributed by atoms with Gasteiger partial charge in [0, 0.05) is 11.6 Å². The van der Waals surface area contributed by atoms with Crippen LogP contribution in [0.4, 0.5) is 0 Å². The lowest BCUT2D eigenvalue weighted by Crippen LogP contribution is -1.96. The van der Waals surface area contributed by atoms with E-state index in [1.165, 1.54) is 11.6 Å². The van der Waals surface area contributed by atoms with Gasteiger partial charge in [-0.3, -0.25) is 0 Å². The Balaban J connectivity index is 2.83. The molecular formula is C11H17O3PS. The summed E-state index contributed by atoms with van der Waals surface area (Å²) in [5.41, 5.74) is 1.11. The summed E-state index contributed by atoms with van der Waals surface area (Å²) in [4.78, 5) is 1.19. The molecule has 0 saturated carbocycles. The first-order valence-corrected chi connectivity index (χ1v) is 8.26. The van der Waals surface area contributed by atoms with Gasteiger partial charge in [-0.2, -0.15) is 0 Å². The van der Waals surface area contributed by atoms with Crippen LogP contribution in [0.25, 0.3) is 0 Å². The Labute approximate surface area is 101 Å². The molecule has 16 heavy (non-hydrogen) atoms. The molecule has 0 spiro atoms. The number of benzene rings is 1. The summed E-state index contributed by atoms with van der Waals surface area (Å²) in [5.74, 6) is 0.592. The minimum absolute atomic E-state index is 0.385. The van der Waals surface area contributed by atoms with Crippen LogP contribution < -0.4 is 4.52 Å². The summed E-state index contributed by atoms with van der Waals surface area (Å²) in [6, 6.07) is 5.65. The van der Waals surface area contributed by atoms with Gasteiger partial charge in [-0.25, -0.2) is 4.57 Å². The van der Waals surface area contributed by atoms with Gasteiger partial charge < -0.3 is 9.05 Å². The van der Waals surface area contributed by atoms with Crippen molar-refractivity contribution in [3.63, 3.8) is 0 Å². The van der Waals surface area contributed by atoms with Crippen molar-refractivity contribution in [2.45, 2.75) is 18.7 Å². The number of rotatable bonds is 5. The standard InChI is InChI=1S/C11H17O3PS/c1-5-13-15(3,12)14-10-6-7-11(16-4)9(2)8-10/h6-8H,5H2,1-4H3. The van der Waals surface area contributed by atoms with Crippen molar-refractivity contribution in [3.05, 3.63) is 23.8 Å². The lowest BCUT2D eigenvalue weighted by atomic mass is 10.2. The van der Waals surface area contributed by atoms with Gasteiger partial charge in [0.05, 0.1) is 6.61 Å².